The van der Waals surface area contributed by atoms with E-state index in [9.17, 15) is 9.59 Å². The molecule has 0 unspecified atom stereocenters. The molecule has 7 heteroatoms. The minimum absolute atomic E-state index is 0.0391. The van der Waals surface area contributed by atoms with Crippen LogP contribution in [0.2, 0.25) is 0 Å². The van der Waals surface area contributed by atoms with E-state index in [1.165, 1.54) is 15.9 Å². The molecule has 0 spiro atoms. The molecule has 0 aliphatic heterocycles. The van der Waals surface area contributed by atoms with Gasteiger partial charge in [0.05, 0.1) is 19.0 Å². The number of aromatic nitrogens is 2. The SMILES string of the molecule is COc1cccc(Cn2c(C(N)=O)nc3sccc3c2=O)c1. The number of fused-ring (bicyclic) bond motifs is 1. The number of benzene rings is 1. The maximum atomic E-state index is 12.6. The van der Waals surface area contributed by atoms with Gasteiger partial charge in [0, 0.05) is 0 Å². The van der Waals surface area contributed by atoms with Crippen molar-refractivity contribution in [2.24, 2.45) is 5.73 Å². The van der Waals surface area contributed by atoms with Crippen LogP contribution >= 0.6 is 11.3 Å². The number of amides is 1. The second-order valence-corrected chi connectivity index (χ2v) is 5.58. The van der Waals surface area contributed by atoms with Crippen molar-refractivity contribution >= 4 is 27.5 Å². The second-order valence-electron chi connectivity index (χ2n) is 4.68. The molecule has 0 aliphatic carbocycles. The predicted octanol–water partition coefficient (Wildman–Crippen LogP) is 1.61. The zero-order valence-electron chi connectivity index (χ0n) is 11.8. The monoisotopic (exact) mass is 315 g/mol. The van der Waals surface area contributed by atoms with E-state index in [2.05, 4.69) is 4.98 Å². The number of ether oxygens (including phenoxy) is 1. The largest absolute Gasteiger partial charge is 0.497 e. The maximum absolute atomic E-state index is 12.6. The van der Waals surface area contributed by atoms with Crippen molar-refractivity contribution in [3.63, 3.8) is 0 Å². The van der Waals surface area contributed by atoms with E-state index < -0.39 is 5.91 Å². The number of nitrogens with two attached hydrogens (primary N) is 1. The molecule has 0 saturated carbocycles. The summed E-state index contributed by atoms with van der Waals surface area (Å²) < 4.78 is 6.46. The minimum Gasteiger partial charge on any atom is -0.497 e. The number of carbonyl (C=O) groups excluding carboxylic acids is 1. The third-order valence-electron chi connectivity index (χ3n) is 3.28. The quantitative estimate of drug-likeness (QED) is 0.792. The van der Waals surface area contributed by atoms with Crippen LogP contribution in [0.3, 0.4) is 0 Å². The number of thiophene rings is 1. The van der Waals surface area contributed by atoms with Gasteiger partial charge in [-0.3, -0.25) is 14.2 Å². The first-order valence-corrected chi connectivity index (χ1v) is 7.39. The molecule has 0 bridgehead atoms. The Morgan fingerprint density at radius 2 is 2.23 bits per heavy atom. The molecule has 6 nitrogen and oxygen atoms in total. The summed E-state index contributed by atoms with van der Waals surface area (Å²) >= 11 is 1.30. The van der Waals surface area contributed by atoms with Crippen LogP contribution in [0.25, 0.3) is 10.2 Å². The lowest BCUT2D eigenvalue weighted by Gasteiger charge is -2.11. The van der Waals surface area contributed by atoms with Gasteiger partial charge >= 0.3 is 0 Å². The van der Waals surface area contributed by atoms with Gasteiger partial charge in [-0.05, 0) is 29.1 Å². The molecule has 0 atom stereocenters. The van der Waals surface area contributed by atoms with Crippen molar-refractivity contribution in [2.75, 3.05) is 7.11 Å². The average Bonchev–Trinajstić information content (AvgIpc) is 2.98. The first kappa shape index (κ1) is 14.3. The molecule has 2 aromatic heterocycles. The molecule has 2 heterocycles. The lowest BCUT2D eigenvalue weighted by atomic mass is 10.2. The van der Waals surface area contributed by atoms with Crippen LogP contribution < -0.4 is 16.0 Å². The molecular weight excluding hydrogens is 302 g/mol. The Morgan fingerprint density at radius 1 is 1.41 bits per heavy atom. The van der Waals surface area contributed by atoms with Gasteiger partial charge in [-0.1, -0.05) is 12.1 Å². The Hall–Kier alpha value is -2.67. The van der Waals surface area contributed by atoms with Crippen LogP contribution in [0.15, 0.2) is 40.5 Å². The zero-order valence-corrected chi connectivity index (χ0v) is 12.6. The molecular formula is C15H13N3O3S. The topological polar surface area (TPSA) is 87.2 Å². The number of nitrogens with zero attached hydrogens (tertiary/aromatic N) is 2. The molecule has 3 aromatic rings. The highest BCUT2D eigenvalue weighted by molar-refractivity contribution is 7.16. The highest BCUT2D eigenvalue weighted by Crippen LogP contribution is 2.17. The van der Waals surface area contributed by atoms with E-state index in [1.54, 1.807) is 24.6 Å². The molecule has 0 aliphatic rings. The molecule has 22 heavy (non-hydrogen) atoms. The van der Waals surface area contributed by atoms with E-state index in [4.69, 9.17) is 10.5 Å². The van der Waals surface area contributed by atoms with Gasteiger partial charge in [-0.15, -0.1) is 11.3 Å². The fourth-order valence-electron chi connectivity index (χ4n) is 2.24. The maximum Gasteiger partial charge on any atom is 0.284 e. The van der Waals surface area contributed by atoms with Gasteiger partial charge in [0.1, 0.15) is 10.6 Å². The predicted molar refractivity (Wildman–Crippen MR) is 84.5 cm³/mol. The van der Waals surface area contributed by atoms with Gasteiger partial charge in [-0.2, -0.15) is 0 Å². The summed E-state index contributed by atoms with van der Waals surface area (Å²) in [6.45, 7) is 0.201. The lowest BCUT2D eigenvalue weighted by molar-refractivity contribution is 0.0985. The van der Waals surface area contributed by atoms with E-state index >= 15 is 0 Å². The summed E-state index contributed by atoms with van der Waals surface area (Å²) in [7, 11) is 1.57. The standard InChI is InChI=1S/C15H13N3O3S/c1-21-10-4-2-3-9(7-10)8-18-13(12(16)19)17-14-11(15(18)20)5-6-22-14/h2-7H,8H2,1H3,(H2,16,19). The summed E-state index contributed by atoms with van der Waals surface area (Å²) in [5, 5.41) is 2.25. The number of carbonyl (C=O) groups is 1. The van der Waals surface area contributed by atoms with Crippen LogP contribution in [-0.2, 0) is 6.54 Å². The van der Waals surface area contributed by atoms with Crippen LogP contribution in [-0.4, -0.2) is 22.6 Å². The summed E-state index contributed by atoms with van der Waals surface area (Å²) in [4.78, 5) is 28.9. The van der Waals surface area contributed by atoms with Crippen molar-refractivity contribution in [1.82, 2.24) is 9.55 Å². The molecule has 2 N–H and O–H groups in total. The third-order valence-corrected chi connectivity index (χ3v) is 4.09. The Morgan fingerprint density at radius 3 is 2.95 bits per heavy atom. The van der Waals surface area contributed by atoms with Gasteiger partial charge in [0.2, 0.25) is 5.82 Å². The van der Waals surface area contributed by atoms with E-state index in [1.807, 2.05) is 18.2 Å². The summed E-state index contributed by atoms with van der Waals surface area (Å²) in [5.74, 6) is -0.0891. The number of primary amides is 1. The van der Waals surface area contributed by atoms with E-state index in [-0.39, 0.29) is 17.9 Å². The first-order chi connectivity index (χ1) is 10.6. The normalized spacial score (nSPS) is 10.8. The van der Waals surface area contributed by atoms with E-state index in [0.717, 1.165) is 5.56 Å². The summed E-state index contributed by atoms with van der Waals surface area (Å²) in [6, 6.07) is 8.97. The highest BCUT2D eigenvalue weighted by Gasteiger charge is 2.16. The fourth-order valence-corrected chi connectivity index (χ4v) is 2.99. The first-order valence-electron chi connectivity index (χ1n) is 6.51. The van der Waals surface area contributed by atoms with Crippen LogP contribution in [0.5, 0.6) is 5.75 Å². The Bertz CT molecular complexity index is 914. The number of methoxy groups -OCH3 is 1. The molecule has 0 saturated heterocycles. The average molecular weight is 315 g/mol. The van der Waals surface area contributed by atoms with Crippen LogP contribution in [0.4, 0.5) is 0 Å². The van der Waals surface area contributed by atoms with Gasteiger partial charge < -0.3 is 10.5 Å². The van der Waals surface area contributed by atoms with Crippen molar-refractivity contribution in [3.8, 4) is 5.75 Å². The number of rotatable bonds is 4. The minimum atomic E-state index is -0.727. The molecule has 1 amide bonds. The second kappa shape index (κ2) is 5.61. The Balaban J connectivity index is 2.16. The number of hydrogen-bond acceptors (Lipinski definition) is 5. The Kier molecular flexibility index (Phi) is 3.64. The van der Waals surface area contributed by atoms with Gasteiger partial charge in [0.15, 0.2) is 0 Å². The molecule has 1 aromatic carbocycles. The van der Waals surface area contributed by atoms with Crippen molar-refractivity contribution in [1.29, 1.82) is 0 Å². The third kappa shape index (κ3) is 2.46. The van der Waals surface area contributed by atoms with E-state index in [0.29, 0.717) is 16.0 Å². The molecule has 0 radical (unpaired) electrons. The van der Waals surface area contributed by atoms with Crippen molar-refractivity contribution < 1.29 is 9.53 Å². The van der Waals surface area contributed by atoms with Crippen molar-refractivity contribution in [3.05, 3.63) is 57.5 Å². The zero-order chi connectivity index (χ0) is 15.7. The van der Waals surface area contributed by atoms with Gasteiger partial charge in [-0.25, -0.2) is 4.98 Å². The van der Waals surface area contributed by atoms with Crippen molar-refractivity contribution in [2.45, 2.75) is 6.54 Å². The smallest absolute Gasteiger partial charge is 0.284 e. The van der Waals surface area contributed by atoms with Crippen LogP contribution in [0, 0.1) is 0 Å². The lowest BCUT2D eigenvalue weighted by Crippen LogP contribution is -2.30. The Labute approximate surface area is 129 Å². The number of hydrogen-bond donors (Lipinski definition) is 1. The van der Waals surface area contributed by atoms with Crippen LogP contribution in [0.1, 0.15) is 16.2 Å². The highest BCUT2D eigenvalue weighted by atomic mass is 32.1. The fraction of sp³-hybridized carbons (Fsp3) is 0.133. The summed E-state index contributed by atoms with van der Waals surface area (Å²) in [5.41, 5.74) is 5.92. The van der Waals surface area contributed by atoms with Gasteiger partial charge in [0.25, 0.3) is 11.5 Å². The molecule has 3 rings (SSSR count). The summed E-state index contributed by atoms with van der Waals surface area (Å²) in [6.07, 6.45) is 0. The molecule has 112 valence electrons. The molecule has 0 fully saturated rings.